The summed E-state index contributed by atoms with van der Waals surface area (Å²) >= 11 is 0. The van der Waals surface area contributed by atoms with Gasteiger partial charge in [-0.3, -0.25) is 15.2 Å². The van der Waals surface area contributed by atoms with E-state index in [9.17, 15) is 10.1 Å². The van der Waals surface area contributed by atoms with Crippen molar-refractivity contribution in [3.05, 3.63) is 58.1 Å². The zero-order valence-electron chi connectivity index (χ0n) is 10.3. The van der Waals surface area contributed by atoms with Crippen molar-refractivity contribution in [1.82, 2.24) is 10.2 Å². The molecule has 0 fully saturated rings. The van der Waals surface area contributed by atoms with Crippen molar-refractivity contribution < 1.29 is 4.92 Å². The monoisotopic (exact) mass is 253 g/mol. The number of aryl methyl sites for hydroxylation is 1. The maximum atomic E-state index is 10.7. The summed E-state index contributed by atoms with van der Waals surface area (Å²) in [6.07, 6.45) is 0. The molecule has 0 aliphatic carbocycles. The number of aromatic nitrogens is 2. The SMILES string of the molecule is Cc1ccc(-c2n[nH]c3cc([N+](=O)[O-])ccc23)cc1. The summed E-state index contributed by atoms with van der Waals surface area (Å²) in [5.41, 5.74) is 3.71. The number of benzene rings is 2. The fourth-order valence-corrected chi connectivity index (χ4v) is 2.05. The molecule has 94 valence electrons. The Bertz CT molecular complexity index is 760. The minimum Gasteiger partial charge on any atom is -0.277 e. The normalized spacial score (nSPS) is 10.8. The smallest absolute Gasteiger partial charge is 0.271 e. The fourth-order valence-electron chi connectivity index (χ4n) is 2.05. The number of nitro groups is 1. The number of hydrogen-bond donors (Lipinski definition) is 1. The third-order valence-corrected chi connectivity index (χ3v) is 3.08. The molecule has 5 nitrogen and oxygen atoms in total. The molecular formula is C14H11N3O2. The molecule has 0 saturated carbocycles. The topological polar surface area (TPSA) is 71.8 Å². The van der Waals surface area contributed by atoms with Gasteiger partial charge in [0.05, 0.1) is 16.1 Å². The number of nitrogens with one attached hydrogen (secondary N) is 1. The van der Waals surface area contributed by atoms with E-state index in [1.54, 1.807) is 6.07 Å². The second-order valence-electron chi connectivity index (χ2n) is 4.43. The second kappa shape index (κ2) is 4.20. The molecular weight excluding hydrogens is 242 g/mol. The van der Waals surface area contributed by atoms with Crippen molar-refractivity contribution in [3.8, 4) is 11.3 Å². The number of non-ortho nitro benzene ring substituents is 1. The average molecular weight is 253 g/mol. The Labute approximate surface area is 109 Å². The standard InChI is InChI=1S/C14H11N3O2/c1-9-2-4-10(5-3-9)14-12-7-6-11(17(18)19)8-13(12)15-16-14/h2-8H,1H3,(H,15,16). The lowest BCUT2D eigenvalue weighted by molar-refractivity contribution is -0.384. The summed E-state index contributed by atoms with van der Waals surface area (Å²) in [7, 11) is 0. The molecule has 2 aromatic carbocycles. The Morgan fingerprint density at radius 1 is 1.16 bits per heavy atom. The minimum atomic E-state index is -0.411. The number of nitro benzene ring substituents is 1. The van der Waals surface area contributed by atoms with Crippen LogP contribution in [-0.4, -0.2) is 15.1 Å². The lowest BCUT2D eigenvalue weighted by atomic mass is 10.1. The van der Waals surface area contributed by atoms with E-state index in [4.69, 9.17) is 0 Å². The molecule has 1 N–H and O–H groups in total. The first-order valence-corrected chi connectivity index (χ1v) is 5.85. The number of aromatic amines is 1. The maximum Gasteiger partial charge on any atom is 0.271 e. The molecule has 1 aromatic heterocycles. The molecule has 3 rings (SSSR count). The van der Waals surface area contributed by atoms with Gasteiger partial charge < -0.3 is 0 Å². The van der Waals surface area contributed by atoms with Crippen molar-refractivity contribution in [2.45, 2.75) is 6.92 Å². The van der Waals surface area contributed by atoms with Crippen molar-refractivity contribution in [2.75, 3.05) is 0 Å². The molecule has 0 aliphatic rings. The summed E-state index contributed by atoms with van der Waals surface area (Å²) in [4.78, 5) is 10.3. The van der Waals surface area contributed by atoms with Gasteiger partial charge in [-0.05, 0) is 13.0 Å². The molecule has 0 radical (unpaired) electrons. The highest BCUT2D eigenvalue weighted by Crippen LogP contribution is 2.28. The first-order chi connectivity index (χ1) is 9.15. The summed E-state index contributed by atoms with van der Waals surface area (Å²) in [6, 6.07) is 12.7. The van der Waals surface area contributed by atoms with E-state index in [0.717, 1.165) is 16.6 Å². The van der Waals surface area contributed by atoms with Crippen LogP contribution in [0.2, 0.25) is 0 Å². The Kier molecular flexibility index (Phi) is 2.52. The molecule has 3 aromatic rings. The highest BCUT2D eigenvalue weighted by atomic mass is 16.6. The maximum absolute atomic E-state index is 10.7. The summed E-state index contributed by atoms with van der Waals surface area (Å²) in [5.74, 6) is 0. The third kappa shape index (κ3) is 1.95. The number of rotatable bonds is 2. The van der Waals surface area contributed by atoms with Crippen LogP contribution in [0.1, 0.15) is 5.56 Å². The zero-order valence-corrected chi connectivity index (χ0v) is 10.3. The molecule has 0 atom stereocenters. The van der Waals surface area contributed by atoms with Gasteiger partial charge in [0.25, 0.3) is 5.69 Å². The summed E-state index contributed by atoms with van der Waals surface area (Å²) in [5, 5.41) is 18.7. The third-order valence-electron chi connectivity index (χ3n) is 3.08. The van der Waals surface area contributed by atoms with Crippen LogP contribution in [0.15, 0.2) is 42.5 Å². The molecule has 0 aliphatic heterocycles. The van der Waals surface area contributed by atoms with Crippen LogP contribution < -0.4 is 0 Å². The first kappa shape index (κ1) is 11.4. The van der Waals surface area contributed by atoms with Gasteiger partial charge in [0.15, 0.2) is 0 Å². The first-order valence-electron chi connectivity index (χ1n) is 5.85. The van der Waals surface area contributed by atoms with Crippen LogP contribution in [0.3, 0.4) is 0 Å². The molecule has 1 heterocycles. The molecule has 0 bridgehead atoms. The Balaban J connectivity index is 2.15. The van der Waals surface area contributed by atoms with Crippen LogP contribution in [0.5, 0.6) is 0 Å². The van der Waals surface area contributed by atoms with Crippen LogP contribution in [0.25, 0.3) is 22.2 Å². The van der Waals surface area contributed by atoms with E-state index in [2.05, 4.69) is 10.2 Å². The quantitative estimate of drug-likeness (QED) is 0.561. The number of hydrogen-bond acceptors (Lipinski definition) is 3. The molecule has 0 saturated heterocycles. The van der Waals surface area contributed by atoms with Gasteiger partial charge in [-0.25, -0.2) is 0 Å². The van der Waals surface area contributed by atoms with Crippen molar-refractivity contribution in [3.63, 3.8) is 0 Å². The molecule has 0 spiro atoms. The Morgan fingerprint density at radius 2 is 1.89 bits per heavy atom. The van der Waals surface area contributed by atoms with E-state index in [1.807, 2.05) is 31.2 Å². The van der Waals surface area contributed by atoms with Crippen LogP contribution in [0, 0.1) is 17.0 Å². The number of H-pyrrole nitrogens is 1. The highest BCUT2D eigenvalue weighted by Gasteiger charge is 2.12. The van der Waals surface area contributed by atoms with E-state index in [1.165, 1.54) is 17.7 Å². The van der Waals surface area contributed by atoms with Gasteiger partial charge in [-0.15, -0.1) is 0 Å². The predicted octanol–water partition coefficient (Wildman–Crippen LogP) is 3.45. The van der Waals surface area contributed by atoms with Crippen LogP contribution in [0.4, 0.5) is 5.69 Å². The largest absolute Gasteiger partial charge is 0.277 e. The van der Waals surface area contributed by atoms with E-state index >= 15 is 0 Å². The molecule has 0 unspecified atom stereocenters. The molecule has 19 heavy (non-hydrogen) atoms. The van der Waals surface area contributed by atoms with Crippen molar-refractivity contribution in [2.24, 2.45) is 0 Å². The average Bonchev–Trinajstić information content (AvgIpc) is 2.82. The van der Waals surface area contributed by atoms with Crippen LogP contribution in [-0.2, 0) is 0 Å². The lowest BCUT2D eigenvalue weighted by Gasteiger charge is -1.98. The van der Waals surface area contributed by atoms with Gasteiger partial charge in [-0.1, -0.05) is 29.8 Å². The van der Waals surface area contributed by atoms with Crippen LogP contribution >= 0.6 is 0 Å². The Hall–Kier alpha value is -2.69. The lowest BCUT2D eigenvalue weighted by Crippen LogP contribution is -1.86. The zero-order chi connectivity index (χ0) is 13.4. The predicted molar refractivity (Wildman–Crippen MR) is 72.9 cm³/mol. The van der Waals surface area contributed by atoms with Gasteiger partial charge in [0.2, 0.25) is 0 Å². The minimum absolute atomic E-state index is 0.0617. The summed E-state index contributed by atoms with van der Waals surface area (Å²) < 4.78 is 0. The molecule has 0 amide bonds. The second-order valence-corrected chi connectivity index (χ2v) is 4.43. The van der Waals surface area contributed by atoms with Gasteiger partial charge >= 0.3 is 0 Å². The summed E-state index contributed by atoms with van der Waals surface area (Å²) in [6.45, 7) is 2.02. The highest BCUT2D eigenvalue weighted by molar-refractivity contribution is 5.93. The van der Waals surface area contributed by atoms with Gasteiger partial charge in [-0.2, -0.15) is 5.10 Å². The number of nitrogens with zero attached hydrogens (tertiary/aromatic N) is 2. The van der Waals surface area contributed by atoms with Gasteiger partial charge in [0.1, 0.15) is 0 Å². The number of fused-ring (bicyclic) bond motifs is 1. The van der Waals surface area contributed by atoms with E-state index in [0.29, 0.717) is 5.52 Å². The van der Waals surface area contributed by atoms with Crippen molar-refractivity contribution in [1.29, 1.82) is 0 Å². The van der Waals surface area contributed by atoms with Gasteiger partial charge in [0, 0.05) is 23.1 Å². The molecule has 5 heteroatoms. The van der Waals surface area contributed by atoms with Crippen molar-refractivity contribution >= 4 is 16.6 Å². The Morgan fingerprint density at radius 3 is 2.58 bits per heavy atom. The van der Waals surface area contributed by atoms with E-state index in [-0.39, 0.29) is 5.69 Å². The van der Waals surface area contributed by atoms with E-state index < -0.39 is 4.92 Å². The fraction of sp³-hybridized carbons (Fsp3) is 0.0714.